The molecule has 0 saturated carbocycles. The van der Waals surface area contributed by atoms with Gasteiger partial charge in [-0.05, 0) is 24.4 Å². The first-order valence-corrected chi connectivity index (χ1v) is 3.07. The second-order valence-corrected chi connectivity index (χ2v) is 1.45. The van der Waals surface area contributed by atoms with Crippen LogP contribution in [0.15, 0.2) is 0 Å². The maximum Gasteiger partial charge on any atom is 0.145 e. The lowest BCUT2D eigenvalue weighted by atomic mass is 11.4. The molecule has 0 aromatic heterocycles. The molecule has 0 unspecified atom stereocenters. The fourth-order valence-corrected chi connectivity index (χ4v) is 0.118. The van der Waals surface area contributed by atoms with E-state index >= 15 is 0 Å². The summed E-state index contributed by atoms with van der Waals surface area (Å²) in [5, 5.41) is 7.00. The number of aliphatic hydroxyl groups is 1. The molecule has 0 fully saturated rings. The first-order chi connectivity index (χ1) is 4.83. The number of hydrogen-bond donors (Lipinski definition) is 1. The lowest BCUT2D eigenvalue weighted by Gasteiger charge is -1.87. The molecule has 3 nitrogen and oxygen atoms in total. The zero-order valence-electron chi connectivity index (χ0n) is 6.29. The summed E-state index contributed by atoms with van der Waals surface area (Å²) in [6.45, 7) is 0.389. The zero-order valence-corrected chi connectivity index (χ0v) is 7.92. The minimum absolute atomic E-state index is 0.389. The molecule has 0 heterocycles. The van der Waals surface area contributed by atoms with Gasteiger partial charge in [0.25, 0.3) is 0 Å². The fourth-order valence-electron chi connectivity index (χ4n) is 0.118. The SMILES string of the molecule is CO.COCOC.S=C=S. The van der Waals surface area contributed by atoms with Gasteiger partial charge in [0.05, 0.1) is 0 Å². The van der Waals surface area contributed by atoms with E-state index in [1.54, 1.807) is 14.2 Å². The highest BCUT2D eigenvalue weighted by Gasteiger charge is 1.63. The second kappa shape index (κ2) is 35.5. The third kappa shape index (κ3) is 92.6. The summed E-state index contributed by atoms with van der Waals surface area (Å²) in [5.41, 5.74) is 0. The molecule has 10 heavy (non-hydrogen) atoms. The number of methoxy groups -OCH3 is 2. The molecular weight excluding hydrogens is 172 g/mol. The van der Waals surface area contributed by atoms with Crippen molar-refractivity contribution in [3.63, 3.8) is 0 Å². The Kier molecular flexibility index (Phi) is 58.9. The second-order valence-electron chi connectivity index (χ2n) is 0.779. The molecule has 0 atom stereocenters. The van der Waals surface area contributed by atoms with E-state index < -0.39 is 0 Å². The summed E-state index contributed by atoms with van der Waals surface area (Å²) in [7, 11) is 4.17. The van der Waals surface area contributed by atoms with Crippen LogP contribution < -0.4 is 0 Å². The van der Waals surface area contributed by atoms with Crippen LogP contribution >= 0.6 is 24.4 Å². The van der Waals surface area contributed by atoms with Crippen LogP contribution in [-0.2, 0) is 9.47 Å². The molecule has 5 heteroatoms. The number of ether oxygens (including phenoxy) is 2. The Hall–Kier alpha value is 0.100. The van der Waals surface area contributed by atoms with Crippen molar-refractivity contribution >= 4 is 28.7 Å². The van der Waals surface area contributed by atoms with E-state index in [0.29, 0.717) is 6.79 Å². The molecule has 0 rings (SSSR count). The van der Waals surface area contributed by atoms with E-state index in [1.807, 2.05) is 4.31 Å². The van der Waals surface area contributed by atoms with Gasteiger partial charge in [0, 0.05) is 25.6 Å². The molecule has 0 aromatic carbocycles. The standard InChI is InChI=1S/C3H8O2.CH4O.CS2/c1-4-3-5-2;1-2;2-1-3/h3H2,1-2H3;2H,1H3;. The normalized spacial score (nSPS) is 5.60. The van der Waals surface area contributed by atoms with Gasteiger partial charge in [0.15, 0.2) is 0 Å². The predicted octanol–water partition coefficient (Wildman–Crippen LogP) is 0.863. The van der Waals surface area contributed by atoms with Gasteiger partial charge in [-0.15, -0.1) is 0 Å². The molecule has 0 spiro atoms. The molecule has 0 aliphatic rings. The summed E-state index contributed by atoms with van der Waals surface area (Å²) in [6.07, 6.45) is 0. The summed E-state index contributed by atoms with van der Waals surface area (Å²) in [6, 6.07) is 0. The quantitative estimate of drug-likeness (QED) is 0.509. The Bertz CT molecular complexity index is 59.9. The molecule has 62 valence electrons. The largest absolute Gasteiger partial charge is 0.400 e. The monoisotopic (exact) mass is 184 g/mol. The lowest BCUT2D eigenvalue weighted by Crippen LogP contribution is -1.87. The topological polar surface area (TPSA) is 38.7 Å². The van der Waals surface area contributed by atoms with Crippen molar-refractivity contribution in [2.45, 2.75) is 0 Å². The Morgan fingerprint density at radius 3 is 1.40 bits per heavy atom. The van der Waals surface area contributed by atoms with Gasteiger partial charge >= 0.3 is 0 Å². The highest BCUT2D eigenvalue weighted by atomic mass is 32.1. The van der Waals surface area contributed by atoms with Crippen LogP contribution in [0, 0.1) is 0 Å². The predicted molar refractivity (Wildman–Crippen MR) is 47.2 cm³/mol. The average Bonchev–Trinajstić information content (AvgIpc) is 1.96. The van der Waals surface area contributed by atoms with E-state index in [1.165, 1.54) is 0 Å². The molecule has 0 saturated heterocycles. The number of hydrogen-bond acceptors (Lipinski definition) is 5. The van der Waals surface area contributed by atoms with E-state index in [2.05, 4.69) is 33.9 Å². The molecule has 0 amide bonds. The Balaban J connectivity index is -0.0000000847. The molecule has 0 aromatic rings. The van der Waals surface area contributed by atoms with E-state index in [-0.39, 0.29) is 0 Å². The van der Waals surface area contributed by atoms with Crippen LogP contribution in [0.2, 0.25) is 0 Å². The van der Waals surface area contributed by atoms with Crippen LogP contribution in [0.4, 0.5) is 0 Å². The van der Waals surface area contributed by atoms with Crippen molar-refractivity contribution in [1.29, 1.82) is 0 Å². The third-order valence-corrected chi connectivity index (χ3v) is 0.236. The van der Waals surface area contributed by atoms with Crippen LogP contribution in [0.5, 0.6) is 0 Å². The van der Waals surface area contributed by atoms with Crippen LogP contribution in [0.1, 0.15) is 0 Å². The van der Waals surface area contributed by atoms with Gasteiger partial charge in [0.2, 0.25) is 0 Å². The van der Waals surface area contributed by atoms with Gasteiger partial charge < -0.3 is 14.6 Å². The summed E-state index contributed by atoms with van der Waals surface area (Å²) >= 11 is 7.92. The van der Waals surface area contributed by atoms with Gasteiger partial charge in [-0.3, -0.25) is 0 Å². The third-order valence-electron chi connectivity index (χ3n) is 0.236. The van der Waals surface area contributed by atoms with Crippen molar-refractivity contribution in [3.05, 3.63) is 0 Å². The van der Waals surface area contributed by atoms with Crippen molar-refractivity contribution in [2.75, 3.05) is 28.1 Å². The van der Waals surface area contributed by atoms with E-state index in [9.17, 15) is 0 Å². The van der Waals surface area contributed by atoms with Crippen LogP contribution in [-0.4, -0.2) is 37.5 Å². The number of aliphatic hydroxyl groups excluding tert-OH is 1. The van der Waals surface area contributed by atoms with Crippen LogP contribution in [0.3, 0.4) is 0 Å². The summed E-state index contributed by atoms with van der Waals surface area (Å²) in [4.78, 5) is 0. The highest BCUT2D eigenvalue weighted by Crippen LogP contribution is 1.60. The van der Waals surface area contributed by atoms with Gasteiger partial charge in [-0.1, -0.05) is 0 Å². The lowest BCUT2D eigenvalue weighted by molar-refractivity contribution is -0.00271. The molecular formula is C5H12O3S2. The van der Waals surface area contributed by atoms with Crippen molar-refractivity contribution < 1.29 is 14.6 Å². The minimum Gasteiger partial charge on any atom is -0.400 e. The maximum absolute atomic E-state index is 7.00. The molecule has 0 aliphatic carbocycles. The van der Waals surface area contributed by atoms with Gasteiger partial charge in [-0.2, -0.15) is 0 Å². The summed E-state index contributed by atoms with van der Waals surface area (Å²) < 4.78 is 10.9. The van der Waals surface area contributed by atoms with Crippen LogP contribution in [0.25, 0.3) is 0 Å². The summed E-state index contributed by atoms with van der Waals surface area (Å²) in [5.74, 6) is 0. The number of thiocarbonyl (C=S) groups is 2. The maximum atomic E-state index is 7.00. The Morgan fingerprint density at radius 1 is 1.20 bits per heavy atom. The molecule has 1 N–H and O–H groups in total. The first-order valence-electron chi connectivity index (χ1n) is 2.25. The molecule has 0 radical (unpaired) electrons. The molecule has 0 bridgehead atoms. The van der Waals surface area contributed by atoms with Crippen molar-refractivity contribution in [2.24, 2.45) is 0 Å². The number of rotatable bonds is 2. The van der Waals surface area contributed by atoms with Gasteiger partial charge in [-0.25, -0.2) is 0 Å². The van der Waals surface area contributed by atoms with Crippen molar-refractivity contribution in [1.82, 2.24) is 0 Å². The average molecular weight is 184 g/mol. The van der Waals surface area contributed by atoms with E-state index in [4.69, 9.17) is 5.11 Å². The fraction of sp³-hybridized carbons (Fsp3) is 0.800. The van der Waals surface area contributed by atoms with Crippen molar-refractivity contribution in [3.8, 4) is 0 Å². The Labute approximate surface area is 71.9 Å². The highest BCUT2D eigenvalue weighted by molar-refractivity contribution is 7.93. The first kappa shape index (κ1) is 16.6. The Morgan fingerprint density at radius 2 is 1.40 bits per heavy atom. The minimum atomic E-state index is 0.389. The zero-order chi connectivity index (χ0) is 8.83. The molecule has 0 aliphatic heterocycles. The van der Waals surface area contributed by atoms with Gasteiger partial charge in [0.1, 0.15) is 6.79 Å². The van der Waals surface area contributed by atoms with E-state index in [0.717, 1.165) is 7.11 Å². The smallest absolute Gasteiger partial charge is 0.145 e.